The third kappa shape index (κ3) is 9.08. The van der Waals surface area contributed by atoms with Gasteiger partial charge in [0.2, 0.25) is 5.91 Å². The second kappa shape index (κ2) is 14.2. The van der Waals surface area contributed by atoms with Gasteiger partial charge in [-0.05, 0) is 89.3 Å². The van der Waals surface area contributed by atoms with E-state index in [1.165, 1.54) is 12.1 Å². The number of nitrogens with one attached hydrogen (secondary N) is 2. The van der Waals surface area contributed by atoms with Crippen molar-refractivity contribution < 1.29 is 24.2 Å². The van der Waals surface area contributed by atoms with Crippen LogP contribution in [0.5, 0.6) is 5.75 Å². The van der Waals surface area contributed by atoms with Crippen LogP contribution in [-0.4, -0.2) is 45.6 Å². The molecule has 0 aliphatic carbocycles. The molecule has 3 N–H and O–H groups in total. The number of amides is 3. The number of ether oxygens (including phenoxy) is 1. The number of hydrogen-bond acceptors (Lipinski definition) is 5. The topological polar surface area (TPSA) is 108 Å². The van der Waals surface area contributed by atoms with Crippen molar-refractivity contribution in [3.63, 3.8) is 0 Å². The van der Waals surface area contributed by atoms with Gasteiger partial charge in [0.25, 0.3) is 5.91 Å². The van der Waals surface area contributed by atoms with Gasteiger partial charge in [-0.1, -0.05) is 67.1 Å². The van der Waals surface area contributed by atoms with Gasteiger partial charge in [-0.25, -0.2) is 4.79 Å². The van der Waals surface area contributed by atoms with E-state index < -0.39 is 29.7 Å². The summed E-state index contributed by atoms with van der Waals surface area (Å²) in [5.41, 5.74) is 4.15. The van der Waals surface area contributed by atoms with Gasteiger partial charge in [0, 0.05) is 18.2 Å². The average molecular weight is 588 g/mol. The summed E-state index contributed by atoms with van der Waals surface area (Å²) in [6.45, 7) is 14.9. The van der Waals surface area contributed by atoms with Crippen LogP contribution in [0, 0.1) is 20.8 Å². The van der Waals surface area contributed by atoms with E-state index in [0.29, 0.717) is 17.7 Å². The molecule has 3 aromatic rings. The van der Waals surface area contributed by atoms with Crippen LogP contribution in [0.15, 0.2) is 66.7 Å². The minimum absolute atomic E-state index is 0.0931. The van der Waals surface area contributed by atoms with Crippen LogP contribution in [0.4, 0.5) is 10.5 Å². The maximum atomic E-state index is 14.6. The second-order valence-corrected chi connectivity index (χ2v) is 12.1. The van der Waals surface area contributed by atoms with E-state index in [9.17, 15) is 19.5 Å². The van der Waals surface area contributed by atoms with Crippen molar-refractivity contribution in [2.75, 3.05) is 5.32 Å². The van der Waals surface area contributed by atoms with Gasteiger partial charge >= 0.3 is 6.09 Å². The Hall–Kier alpha value is -4.33. The molecule has 230 valence electrons. The van der Waals surface area contributed by atoms with Crippen LogP contribution in [0.2, 0.25) is 0 Å². The Morgan fingerprint density at radius 1 is 0.907 bits per heavy atom. The number of para-hydroxylation sites is 1. The Labute approximate surface area is 255 Å². The molecule has 3 amide bonds. The third-order valence-corrected chi connectivity index (χ3v) is 7.33. The summed E-state index contributed by atoms with van der Waals surface area (Å²) >= 11 is 0. The predicted octanol–water partition coefficient (Wildman–Crippen LogP) is 6.76. The highest BCUT2D eigenvalue weighted by Crippen LogP contribution is 2.30. The number of carbonyl (C=O) groups is 3. The number of rotatable bonds is 10. The normalized spacial score (nSPS) is 13.4. The number of phenolic OH excluding ortho intramolecular Hbond substituents is 1. The molecule has 0 bridgehead atoms. The van der Waals surface area contributed by atoms with Crippen LogP contribution in [0.3, 0.4) is 0 Å². The minimum Gasteiger partial charge on any atom is -0.508 e. The number of aryl methyl sites for hydroxylation is 3. The molecule has 0 aliphatic heterocycles. The third-order valence-electron chi connectivity index (χ3n) is 7.33. The summed E-state index contributed by atoms with van der Waals surface area (Å²) < 4.78 is 5.51. The molecule has 3 unspecified atom stereocenters. The maximum absolute atomic E-state index is 14.6. The molecule has 8 heteroatoms. The lowest BCUT2D eigenvalue weighted by Crippen LogP contribution is -2.55. The highest BCUT2D eigenvalue weighted by Gasteiger charge is 2.39. The first-order chi connectivity index (χ1) is 20.2. The SMILES string of the molecule is CCC(C)N(C(=O)C(Cc1ccc(O)cc1)NC(=O)OC(C)(C)C)C(C(=O)Nc1c(C)cccc1C)c1ccc(C)cc1. The first kappa shape index (κ1) is 33.2. The molecule has 0 spiro atoms. The molecule has 43 heavy (non-hydrogen) atoms. The highest BCUT2D eigenvalue weighted by atomic mass is 16.6. The lowest BCUT2D eigenvalue weighted by atomic mass is 9.97. The maximum Gasteiger partial charge on any atom is 0.408 e. The van der Waals surface area contributed by atoms with Crippen molar-refractivity contribution >= 4 is 23.6 Å². The first-order valence-electron chi connectivity index (χ1n) is 14.7. The summed E-state index contributed by atoms with van der Waals surface area (Å²) in [4.78, 5) is 43.4. The summed E-state index contributed by atoms with van der Waals surface area (Å²) in [7, 11) is 0. The van der Waals surface area contributed by atoms with Crippen LogP contribution in [0.25, 0.3) is 0 Å². The number of alkyl carbamates (subject to hydrolysis) is 1. The molecule has 0 fully saturated rings. The molecule has 3 aromatic carbocycles. The lowest BCUT2D eigenvalue weighted by molar-refractivity contribution is -0.143. The van der Waals surface area contributed by atoms with E-state index in [1.54, 1.807) is 37.8 Å². The van der Waals surface area contributed by atoms with Crippen molar-refractivity contribution in [1.82, 2.24) is 10.2 Å². The van der Waals surface area contributed by atoms with Gasteiger partial charge in [-0.15, -0.1) is 0 Å². The van der Waals surface area contributed by atoms with Gasteiger partial charge in [-0.3, -0.25) is 9.59 Å². The Bertz CT molecular complexity index is 1390. The van der Waals surface area contributed by atoms with Gasteiger partial charge < -0.3 is 25.4 Å². The van der Waals surface area contributed by atoms with Crippen LogP contribution >= 0.6 is 0 Å². The molecule has 0 aromatic heterocycles. The van der Waals surface area contributed by atoms with Gasteiger partial charge in [0.05, 0.1) is 0 Å². The predicted molar refractivity (Wildman–Crippen MR) is 170 cm³/mol. The Morgan fingerprint density at radius 2 is 1.49 bits per heavy atom. The summed E-state index contributed by atoms with van der Waals surface area (Å²) in [6, 6.07) is 17.4. The zero-order chi connectivity index (χ0) is 31.9. The zero-order valence-electron chi connectivity index (χ0n) is 26.5. The van der Waals surface area contributed by atoms with Crippen molar-refractivity contribution in [2.45, 2.75) is 92.0 Å². The van der Waals surface area contributed by atoms with Crippen LogP contribution in [0.1, 0.15) is 74.9 Å². The average Bonchev–Trinajstić information content (AvgIpc) is 2.93. The van der Waals surface area contributed by atoms with E-state index >= 15 is 0 Å². The Balaban J connectivity index is 2.11. The summed E-state index contributed by atoms with van der Waals surface area (Å²) in [5, 5.41) is 15.7. The van der Waals surface area contributed by atoms with Crippen LogP contribution in [-0.2, 0) is 20.7 Å². The monoisotopic (exact) mass is 587 g/mol. The molecule has 0 saturated carbocycles. The highest BCUT2D eigenvalue weighted by molar-refractivity contribution is 6.00. The van der Waals surface area contributed by atoms with Crippen molar-refractivity contribution in [1.29, 1.82) is 0 Å². The number of aromatic hydroxyl groups is 1. The zero-order valence-corrected chi connectivity index (χ0v) is 26.5. The van der Waals surface area contributed by atoms with Crippen molar-refractivity contribution in [2.24, 2.45) is 0 Å². The smallest absolute Gasteiger partial charge is 0.408 e. The largest absolute Gasteiger partial charge is 0.508 e. The molecule has 0 heterocycles. The first-order valence-corrected chi connectivity index (χ1v) is 14.7. The molecule has 0 aliphatic rings. The van der Waals surface area contributed by atoms with Crippen molar-refractivity contribution in [3.05, 3.63) is 94.5 Å². The molecule has 3 atom stereocenters. The number of hydrogen-bond donors (Lipinski definition) is 3. The van der Waals surface area contributed by atoms with E-state index in [2.05, 4.69) is 10.6 Å². The molecule has 0 radical (unpaired) electrons. The number of anilines is 1. The molecule has 8 nitrogen and oxygen atoms in total. The number of phenols is 1. The van der Waals surface area contributed by atoms with Gasteiger partial charge in [0.1, 0.15) is 23.4 Å². The molecular weight excluding hydrogens is 542 g/mol. The standard InChI is InChI=1S/C35H45N3O5/c1-9-25(5)38(33(41)29(36-34(42)43-35(6,7)8)21-26-15-19-28(39)20-16-26)31(27-17-13-22(2)14-18-27)32(40)37-30-23(3)11-10-12-24(30)4/h10-20,25,29,31,39H,9,21H2,1-8H3,(H,36,42)(H,37,40). The summed E-state index contributed by atoms with van der Waals surface area (Å²) in [6.07, 6.45) is -0.0336. The van der Waals surface area contributed by atoms with Gasteiger partial charge in [-0.2, -0.15) is 0 Å². The number of nitrogens with zero attached hydrogens (tertiary/aromatic N) is 1. The Kier molecular flexibility index (Phi) is 11.0. The lowest BCUT2D eigenvalue weighted by Gasteiger charge is -2.38. The quantitative estimate of drug-likeness (QED) is 0.243. The van der Waals surface area contributed by atoms with Crippen LogP contribution < -0.4 is 10.6 Å². The van der Waals surface area contributed by atoms with Crippen molar-refractivity contribution in [3.8, 4) is 5.75 Å². The fraction of sp³-hybridized carbons (Fsp3) is 0.400. The fourth-order valence-electron chi connectivity index (χ4n) is 4.88. The summed E-state index contributed by atoms with van der Waals surface area (Å²) in [5.74, 6) is -0.679. The second-order valence-electron chi connectivity index (χ2n) is 12.1. The minimum atomic E-state index is -1.05. The Morgan fingerprint density at radius 3 is 2.02 bits per heavy atom. The number of carbonyl (C=O) groups excluding carboxylic acids is 3. The van der Waals surface area contributed by atoms with E-state index in [4.69, 9.17) is 4.74 Å². The van der Waals surface area contributed by atoms with E-state index in [1.807, 2.05) is 77.1 Å². The number of benzene rings is 3. The van der Waals surface area contributed by atoms with E-state index in [0.717, 1.165) is 22.3 Å². The fourth-order valence-corrected chi connectivity index (χ4v) is 4.88. The molecule has 0 saturated heterocycles. The molecule has 3 rings (SSSR count). The van der Waals surface area contributed by atoms with E-state index in [-0.39, 0.29) is 24.1 Å². The molecular formula is C35H45N3O5. The van der Waals surface area contributed by atoms with Gasteiger partial charge in [0.15, 0.2) is 0 Å².